The summed E-state index contributed by atoms with van der Waals surface area (Å²) in [6.07, 6.45) is 1.05. The Morgan fingerprint density at radius 3 is 2.87 bits per heavy atom. The van der Waals surface area contributed by atoms with Crippen molar-refractivity contribution in [1.29, 1.82) is 0 Å². The first-order valence-corrected chi connectivity index (χ1v) is 8.30. The Hall–Kier alpha value is -1.36. The van der Waals surface area contributed by atoms with Crippen LogP contribution < -0.4 is 10.6 Å². The summed E-state index contributed by atoms with van der Waals surface area (Å²) >= 11 is 3.42. The van der Waals surface area contributed by atoms with E-state index >= 15 is 0 Å². The van der Waals surface area contributed by atoms with Crippen molar-refractivity contribution in [2.24, 2.45) is 0 Å². The number of benzene rings is 2. The van der Waals surface area contributed by atoms with Gasteiger partial charge < -0.3 is 10.6 Å². The molecule has 0 aliphatic carbocycles. The van der Waals surface area contributed by atoms with Crippen LogP contribution >= 0.6 is 28.3 Å². The van der Waals surface area contributed by atoms with Gasteiger partial charge in [-0.25, -0.2) is 0 Å². The van der Waals surface area contributed by atoms with Crippen molar-refractivity contribution in [2.75, 3.05) is 13.1 Å². The van der Waals surface area contributed by atoms with Gasteiger partial charge in [0.1, 0.15) is 0 Å². The Balaban J connectivity index is 0.00000192. The van der Waals surface area contributed by atoms with Gasteiger partial charge in [-0.05, 0) is 54.8 Å². The van der Waals surface area contributed by atoms with E-state index in [2.05, 4.69) is 50.8 Å². The predicted octanol–water partition coefficient (Wildman–Crippen LogP) is 3.80. The zero-order valence-corrected chi connectivity index (χ0v) is 15.3. The van der Waals surface area contributed by atoms with Crippen molar-refractivity contribution < 1.29 is 4.79 Å². The Kier molecular flexibility index (Phi) is 6.22. The molecule has 3 nitrogen and oxygen atoms in total. The first-order chi connectivity index (χ1) is 10.6. The number of nitrogens with one attached hydrogen (secondary N) is 2. The fourth-order valence-corrected chi connectivity index (χ4v) is 3.42. The van der Waals surface area contributed by atoms with Crippen molar-refractivity contribution in [2.45, 2.75) is 19.4 Å². The summed E-state index contributed by atoms with van der Waals surface area (Å²) in [5.74, 6) is -0.0187. The van der Waals surface area contributed by atoms with Gasteiger partial charge in [-0.1, -0.05) is 40.2 Å². The molecule has 2 N–H and O–H groups in total. The van der Waals surface area contributed by atoms with Gasteiger partial charge in [0.2, 0.25) is 0 Å². The molecule has 3 rings (SSSR count). The van der Waals surface area contributed by atoms with Crippen LogP contribution in [0.4, 0.5) is 0 Å². The molecule has 2 aromatic rings. The molecule has 0 bridgehead atoms. The third-order valence-corrected chi connectivity index (χ3v) is 4.61. The van der Waals surface area contributed by atoms with Crippen molar-refractivity contribution in [1.82, 2.24) is 10.6 Å². The second kappa shape index (κ2) is 7.95. The van der Waals surface area contributed by atoms with Gasteiger partial charge in [0.05, 0.1) is 0 Å². The maximum absolute atomic E-state index is 12.4. The van der Waals surface area contributed by atoms with E-state index in [1.165, 1.54) is 11.1 Å². The summed E-state index contributed by atoms with van der Waals surface area (Å²) in [5, 5.41) is 6.54. The van der Waals surface area contributed by atoms with Crippen molar-refractivity contribution in [3.8, 4) is 0 Å². The van der Waals surface area contributed by atoms with Gasteiger partial charge in [-0.15, -0.1) is 12.4 Å². The summed E-state index contributed by atoms with van der Waals surface area (Å²) in [4.78, 5) is 12.4. The summed E-state index contributed by atoms with van der Waals surface area (Å²) in [5.41, 5.74) is 4.37. The predicted molar refractivity (Wildman–Crippen MR) is 99.3 cm³/mol. The highest BCUT2D eigenvalue weighted by Gasteiger charge is 2.20. The summed E-state index contributed by atoms with van der Waals surface area (Å²) in [6, 6.07) is 14.3. The molecular formula is C18H20BrClN2O. The maximum atomic E-state index is 12.4. The molecule has 0 spiro atoms. The summed E-state index contributed by atoms with van der Waals surface area (Å²) < 4.78 is 0.990. The summed E-state index contributed by atoms with van der Waals surface area (Å²) in [7, 11) is 0. The van der Waals surface area contributed by atoms with Crippen molar-refractivity contribution >= 4 is 34.2 Å². The van der Waals surface area contributed by atoms with Crippen molar-refractivity contribution in [3.05, 3.63) is 69.2 Å². The molecule has 5 heteroatoms. The Bertz CT molecular complexity index is 705. The molecule has 1 aliphatic heterocycles. The maximum Gasteiger partial charge on any atom is 0.251 e. The van der Waals surface area contributed by atoms with Gasteiger partial charge in [-0.3, -0.25) is 4.79 Å². The second-order valence-corrected chi connectivity index (χ2v) is 6.54. The zero-order chi connectivity index (χ0) is 15.5. The van der Waals surface area contributed by atoms with Crippen LogP contribution in [-0.4, -0.2) is 19.0 Å². The van der Waals surface area contributed by atoms with Crippen LogP contribution in [0, 0.1) is 6.92 Å². The van der Waals surface area contributed by atoms with Crippen LogP contribution in [0.25, 0.3) is 0 Å². The van der Waals surface area contributed by atoms with Crippen LogP contribution in [0.5, 0.6) is 0 Å². The minimum atomic E-state index is -0.0187. The molecule has 0 radical (unpaired) electrons. The Labute approximate surface area is 151 Å². The minimum absolute atomic E-state index is 0. The van der Waals surface area contributed by atoms with Crippen LogP contribution in [0.1, 0.15) is 33.1 Å². The van der Waals surface area contributed by atoms with E-state index in [1.807, 2.05) is 25.1 Å². The number of rotatable bonds is 3. The molecule has 1 heterocycles. The Morgan fingerprint density at radius 1 is 1.30 bits per heavy atom. The average Bonchev–Trinajstić information content (AvgIpc) is 2.52. The lowest BCUT2D eigenvalue weighted by atomic mass is 9.94. The van der Waals surface area contributed by atoms with E-state index in [0.717, 1.165) is 28.6 Å². The highest BCUT2D eigenvalue weighted by atomic mass is 79.9. The SMILES string of the molecule is Cc1cc(Br)ccc1C(=O)NCC1NCCc2ccccc21.Cl. The van der Waals surface area contributed by atoms with Crippen LogP contribution in [0.3, 0.4) is 0 Å². The molecule has 23 heavy (non-hydrogen) atoms. The number of carbonyl (C=O) groups excluding carboxylic acids is 1. The van der Waals surface area contributed by atoms with E-state index < -0.39 is 0 Å². The monoisotopic (exact) mass is 394 g/mol. The molecule has 1 atom stereocenters. The lowest BCUT2D eigenvalue weighted by Crippen LogP contribution is -2.39. The summed E-state index contributed by atoms with van der Waals surface area (Å²) in [6.45, 7) is 3.51. The normalized spacial score (nSPS) is 16.2. The number of aryl methyl sites for hydroxylation is 1. The van der Waals surface area contributed by atoms with E-state index in [1.54, 1.807) is 0 Å². The van der Waals surface area contributed by atoms with Gasteiger partial charge in [0, 0.05) is 22.6 Å². The quantitative estimate of drug-likeness (QED) is 0.830. The molecule has 0 saturated heterocycles. The van der Waals surface area contributed by atoms with Crippen molar-refractivity contribution in [3.63, 3.8) is 0 Å². The first-order valence-electron chi connectivity index (χ1n) is 7.50. The fourth-order valence-electron chi connectivity index (χ4n) is 2.95. The van der Waals surface area contributed by atoms with Gasteiger partial charge in [0.15, 0.2) is 0 Å². The average molecular weight is 396 g/mol. The molecule has 0 saturated carbocycles. The minimum Gasteiger partial charge on any atom is -0.350 e. The molecule has 0 aromatic heterocycles. The number of hydrogen-bond donors (Lipinski definition) is 2. The number of fused-ring (bicyclic) bond motifs is 1. The van der Waals surface area contributed by atoms with Gasteiger partial charge >= 0.3 is 0 Å². The largest absolute Gasteiger partial charge is 0.350 e. The third kappa shape index (κ3) is 4.14. The molecule has 122 valence electrons. The fraction of sp³-hybridized carbons (Fsp3) is 0.278. The molecule has 1 amide bonds. The Morgan fingerprint density at radius 2 is 2.09 bits per heavy atom. The molecule has 2 aromatic carbocycles. The van der Waals surface area contributed by atoms with E-state index in [9.17, 15) is 4.79 Å². The lowest BCUT2D eigenvalue weighted by Gasteiger charge is -2.27. The van der Waals surface area contributed by atoms with Gasteiger partial charge in [-0.2, -0.15) is 0 Å². The third-order valence-electron chi connectivity index (χ3n) is 4.12. The van der Waals surface area contributed by atoms with Gasteiger partial charge in [0.25, 0.3) is 5.91 Å². The molecule has 0 fully saturated rings. The number of halogens is 2. The van der Waals surface area contributed by atoms with Crippen LogP contribution in [-0.2, 0) is 6.42 Å². The van der Waals surface area contributed by atoms with E-state index in [0.29, 0.717) is 6.54 Å². The highest BCUT2D eigenvalue weighted by Crippen LogP contribution is 2.22. The first kappa shape index (κ1) is 18.0. The topological polar surface area (TPSA) is 41.1 Å². The zero-order valence-electron chi connectivity index (χ0n) is 12.9. The smallest absolute Gasteiger partial charge is 0.251 e. The highest BCUT2D eigenvalue weighted by molar-refractivity contribution is 9.10. The molecule has 1 unspecified atom stereocenters. The number of amides is 1. The number of carbonyl (C=O) groups is 1. The standard InChI is InChI=1S/C18H19BrN2O.ClH/c1-12-10-14(19)6-7-15(12)18(22)21-11-17-16-5-3-2-4-13(16)8-9-20-17;/h2-7,10,17,20H,8-9,11H2,1H3,(H,21,22);1H. The lowest BCUT2D eigenvalue weighted by molar-refractivity contribution is 0.0948. The second-order valence-electron chi connectivity index (χ2n) is 5.62. The van der Waals surface area contributed by atoms with Crippen LogP contribution in [0.15, 0.2) is 46.9 Å². The molecular weight excluding hydrogens is 376 g/mol. The van der Waals surface area contributed by atoms with E-state index in [-0.39, 0.29) is 24.4 Å². The molecule has 1 aliphatic rings. The number of hydrogen-bond acceptors (Lipinski definition) is 2. The van der Waals surface area contributed by atoms with E-state index in [4.69, 9.17) is 0 Å². The van der Waals surface area contributed by atoms with Crippen LogP contribution in [0.2, 0.25) is 0 Å².